The van der Waals surface area contributed by atoms with Crippen molar-refractivity contribution in [3.05, 3.63) is 76.2 Å². The molecule has 1 aliphatic heterocycles. The van der Waals surface area contributed by atoms with Crippen molar-refractivity contribution in [1.82, 2.24) is 19.4 Å². The van der Waals surface area contributed by atoms with Crippen LogP contribution in [0.2, 0.25) is 0 Å². The molecule has 0 bridgehead atoms. The molecule has 32 heavy (non-hydrogen) atoms. The number of amides is 1. The van der Waals surface area contributed by atoms with Crippen LogP contribution in [0.25, 0.3) is 11.1 Å². The Bertz CT molecular complexity index is 1190. The smallest absolute Gasteiger partial charge is 0.255 e. The molecule has 1 saturated heterocycles. The summed E-state index contributed by atoms with van der Waals surface area (Å²) in [5.74, 6) is 0.0941. The number of benzene rings is 1. The topological polar surface area (TPSA) is 71.3 Å². The number of hydrogen-bond acceptors (Lipinski definition) is 5. The number of aromatic nitrogens is 3. The van der Waals surface area contributed by atoms with Gasteiger partial charge in [-0.3, -0.25) is 9.59 Å². The lowest BCUT2D eigenvalue weighted by Crippen LogP contribution is -2.39. The minimum absolute atomic E-state index is 0.139. The minimum atomic E-state index is -0.315. The second kappa shape index (κ2) is 8.90. The van der Waals surface area contributed by atoms with Crippen LogP contribution in [0, 0.1) is 5.82 Å². The van der Waals surface area contributed by atoms with Crippen LogP contribution < -0.4 is 10.5 Å². The van der Waals surface area contributed by atoms with Gasteiger partial charge in [0.2, 0.25) is 11.5 Å². The molecule has 4 rings (SSSR count). The summed E-state index contributed by atoms with van der Waals surface area (Å²) in [7, 11) is 5.36. The molecule has 1 aromatic carbocycles. The molecule has 0 saturated carbocycles. The molecule has 0 radical (unpaired) electrons. The van der Waals surface area contributed by atoms with Crippen LogP contribution in [0.5, 0.6) is 0 Å². The van der Waals surface area contributed by atoms with E-state index in [1.165, 1.54) is 22.8 Å². The van der Waals surface area contributed by atoms with Crippen LogP contribution in [-0.2, 0) is 7.05 Å². The van der Waals surface area contributed by atoms with Gasteiger partial charge in [-0.2, -0.15) is 0 Å². The van der Waals surface area contributed by atoms with Crippen molar-refractivity contribution in [2.45, 2.75) is 25.3 Å². The molecule has 166 valence electrons. The van der Waals surface area contributed by atoms with Gasteiger partial charge in [-0.05, 0) is 43.0 Å². The van der Waals surface area contributed by atoms with E-state index in [-0.39, 0.29) is 23.3 Å². The number of likely N-dealkylation sites (tertiary alicyclic amines) is 1. The highest BCUT2D eigenvalue weighted by atomic mass is 19.1. The first-order valence-corrected chi connectivity index (χ1v) is 10.6. The van der Waals surface area contributed by atoms with Gasteiger partial charge in [-0.15, -0.1) is 0 Å². The van der Waals surface area contributed by atoms with Gasteiger partial charge in [0.15, 0.2) is 0 Å². The third kappa shape index (κ3) is 4.26. The zero-order valence-electron chi connectivity index (χ0n) is 18.5. The molecule has 0 spiro atoms. The van der Waals surface area contributed by atoms with Crippen LogP contribution in [0.1, 0.15) is 41.4 Å². The van der Waals surface area contributed by atoms with Crippen LogP contribution in [0.4, 0.5) is 10.3 Å². The van der Waals surface area contributed by atoms with Crippen molar-refractivity contribution in [3.8, 4) is 11.1 Å². The molecule has 3 aromatic rings. The molecule has 1 atom stereocenters. The number of anilines is 1. The maximum absolute atomic E-state index is 13.5. The zero-order valence-corrected chi connectivity index (χ0v) is 18.5. The third-order valence-corrected chi connectivity index (χ3v) is 5.77. The molecule has 0 N–H and O–H groups in total. The highest BCUT2D eigenvalue weighted by Crippen LogP contribution is 2.37. The Morgan fingerprint density at radius 1 is 1.12 bits per heavy atom. The first-order chi connectivity index (χ1) is 15.3. The number of hydrogen-bond donors (Lipinski definition) is 0. The Kier molecular flexibility index (Phi) is 6.03. The SMILES string of the molecule is CN(C)c1ncc(-c2ccc(F)cc2)c([C@@H]2CCCCN2C(=O)c2ccc(=O)n(C)c2)n1. The van der Waals surface area contributed by atoms with Gasteiger partial charge in [0, 0.05) is 51.7 Å². The number of halogens is 1. The summed E-state index contributed by atoms with van der Waals surface area (Å²) in [6.45, 7) is 0.594. The minimum Gasteiger partial charge on any atom is -0.347 e. The second-order valence-electron chi connectivity index (χ2n) is 8.25. The fourth-order valence-corrected chi connectivity index (χ4v) is 4.05. The predicted molar refractivity (Wildman–Crippen MR) is 121 cm³/mol. The quantitative estimate of drug-likeness (QED) is 0.628. The molecule has 0 aliphatic carbocycles. The van der Waals surface area contributed by atoms with E-state index in [0.29, 0.717) is 18.1 Å². The largest absolute Gasteiger partial charge is 0.347 e. The number of aryl methyl sites for hydroxylation is 1. The predicted octanol–water partition coefficient (Wildman–Crippen LogP) is 3.41. The zero-order chi connectivity index (χ0) is 22.8. The molecule has 2 aromatic heterocycles. The lowest BCUT2D eigenvalue weighted by Gasteiger charge is -2.36. The van der Waals surface area contributed by atoms with Crippen LogP contribution in [0.3, 0.4) is 0 Å². The summed E-state index contributed by atoms with van der Waals surface area (Å²) in [5, 5.41) is 0. The van der Waals surface area contributed by atoms with Gasteiger partial charge in [0.05, 0.1) is 17.3 Å². The molecule has 1 amide bonds. The molecule has 1 aliphatic rings. The normalized spacial score (nSPS) is 16.1. The van der Waals surface area contributed by atoms with Gasteiger partial charge in [0.1, 0.15) is 5.82 Å². The van der Waals surface area contributed by atoms with Crippen molar-refractivity contribution in [3.63, 3.8) is 0 Å². The van der Waals surface area contributed by atoms with E-state index >= 15 is 0 Å². The standard InChI is InChI=1S/C24H26FN5O2/c1-28(2)24-26-14-19(16-7-10-18(25)11-8-16)22(27-24)20-6-4-5-13-30(20)23(32)17-9-12-21(31)29(3)15-17/h7-12,14-15,20H,4-6,13H2,1-3H3/t20-/m0/s1. The Morgan fingerprint density at radius 3 is 2.56 bits per heavy atom. The van der Waals surface area contributed by atoms with E-state index in [9.17, 15) is 14.0 Å². The lowest BCUT2D eigenvalue weighted by molar-refractivity contribution is 0.0606. The molecule has 3 heterocycles. The maximum Gasteiger partial charge on any atom is 0.255 e. The summed E-state index contributed by atoms with van der Waals surface area (Å²) in [6.07, 6.45) is 5.93. The van der Waals surface area contributed by atoms with Gasteiger partial charge < -0.3 is 14.4 Å². The first kappa shape index (κ1) is 21.7. The number of carbonyl (C=O) groups is 1. The monoisotopic (exact) mass is 435 g/mol. The van der Waals surface area contributed by atoms with Crippen molar-refractivity contribution in [2.75, 3.05) is 25.5 Å². The van der Waals surface area contributed by atoms with Crippen LogP contribution >= 0.6 is 0 Å². The average molecular weight is 436 g/mol. The Hall–Kier alpha value is -3.55. The van der Waals surface area contributed by atoms with Gasteiger partial charge in [-0.25, -0.2) is 14.4 Å². The Morgan fingerprint density at radius 2 is 1.88 bits per heavy atom. The van der Waals surface area contributed by atoms with E-state index in [2.05, 4.69) is 4.98 Å². The summed E-state index contributed by atoms with van der Waals surface area (Å²) in [6, 6.07) is 8.95. The van der Waals surface area contributed by atoms with Crippen molar-refractivity contribution < 1.29 is 9.18 Å². The summed E-state index contributed by atoms with van der Waals surface area (Å²) < 4.78 is 14.9. The fraction of sp³-hybridized carbons (Fsp3) is 0.333. The van der Waals surface area contributed by atoms with Crippen LogP contribution in [-0.4, -0.2) is 46.0 Å². The van der Waals surface area contributed by atoms with E-state index in [1.807, 2.05) is 23.9 Å². The number of rotatable bonds is 4. The fourth-order valence-electron chi connectivity index (χ4n) is 4.05. The summed E-state index contributed by atoms with van der Waals surface area (Å²) in [5.41, 5.74) is 2.62. The van der Waals surface area contributed by atoms with Crippen molar-refractivity contribution >= 4 is 11.9 Å². The first-order valence-electron chi connectivity index (χ1n) is 10.6. The van der Waals surface area contributed by atoms with E-state index in [4.69, 9.17) is 4.98 Å². The van der Waals surface area contributed by atoms with E-state index in [0.717, 1.165) is 36.1 Å². The molecular weight excluding hydrogens is 409 g/mol. The third-order valence-electron chi connectivity index (χ3n) is 5.77. The van der Waals surface area contributed by atoms with Gasteiger partial charge in [-0.1, -0.05) is 12.1 Å². The molecule has 1 fully saturated rings. The second-order valence-corrected chi connectivity index (χ2v) is 8.25. The van der Waals surface area contributed by atoms with E-state index < -0.39 is 0 Å². The highest BCUT2D eigenvalue weighted by Gasteiger charge is 2.32. The van der Waals surface area contributed by atoms with Crippen molar-refractivity contribution in [1.29, 1.82) is 0 Å². The summed E-state index contributed by atoms with van der Waals surface area (Å²) >= 11 is 0. The number of piperidine rings is 1. The summed E-state index contributed by atoms with van der Waals surface area (Å²) in [4.78, 5) is 38.2. The maximum atomic E-state index is 13.5. The average Bonchev–Trinajstić information content (AvgIpc) is 2.80. The molecular formula is C24H26FN5O2. The Labute approximate surface area is 186 Å². The molecule has 0 unspecified atom stereocenters. The van der Waals surface area contributed by atoms with Gasteiger partial charge in [0.25, 0.3) is 5.91 Å². The van der Waals surface area contributed by atoms with Crippen LogP contribution in [0.15, 0.2) is 53.6 Å². The van der Waals surface area contributed by atoms with E-state index in [1.54, 1.807) is 37.6 Å². The highest BCUT2D eigenvalue weighted by molar-refractivity contribution is 5.94. The van der Waals surface area contributed by atoms with Crippen molar-refractivity contribution in [2.24, 2.45) is 7.05 Å². The number of pyridine rings is 1. The number of carbonyl (C=O) groups excluding carboxylic acids is 1. The Balaban J connectivity index is 1.80. The molecule has 8 heteroatoms. The lowest BCUT2D eigenvalue weighted by atomic mass is 9.93. The van der Waals surface area contributed by atoms with Gasteiger partial charge >= 0.3 is 0 Å². The number of nitrogens with zero attached hydrogens (tertiary/aromatic N) is 5. The molecule has 7 nitrogen and oxygen atoms in total.